The number of carboxylic acid groups (broad SMARTS) is 1. The first-order chi connectivity index (χ1) is 12.1. The Labute approximate surface area is 147 Å². The maximum Gasteiger partial charge on any atom is 0.306 e. The van der Waals surface area contributed by atoms with E-state index in [-0.39, 0.29) is 23.8 Å². The van der Waals surface area contributed by atoms with Crippen LogP contribution in [0.3, 0.4) is 0 Å². The summed E-state index contributed by atoms with van der Waals surface area (Å²) in [7, 11) is 0. The van der Waals surface area contributed by atoms with Crippen LogP contribution in [0.2, 0.25) is 0 Å². The standard InChI is InChI=1S/C21H23NO3/c23-20(22-18-13-11-17(12-14-18)21(24)25)19(15-7-3-1-4-8-15)16-9-5-2-6-10-16/h1-10,17-19H,11-14H2,(H,22,23)(H,24,25). The van der Waals surface area contributed by atoms with Crippen LogP contribution in [0.5, 0.6) is 0 Å². The van der Waals surface area contributed by atoms with E-state index in [4.69, 9.17) is 5.11 Å². The Bertz CT molecular complexity index is 667. The van der Waals surface area contributed by atoms with E-state index in [2.05, 4.69) is 5.32 Å². The number of aliphatic carboxylic acids is 1. The van der Waals surface area contributed by atoms with Gasteiger partial charge < -0.3 is 10.4 Å². The van der Waals surface area contributed by atoms with Crippen molar-refractivity contribution < 1.29 is 14.7 Å². The average molecular weight is 337 g/mol. The average Bonchev–Trinajstić information content (AvgIpc) is 2.64. The lowest BCUT2D eigenvalue weighted by Crippen LogP contribution is -2.41. The van der Waals surface area contributed by atoms with E-state index in [0.717, 1.165) is 24.0 Å². The van der Waals surface area contributed by atoms with Crippen LogP contribution in [0.25, 0.3) is 0 Å². The van der Waals surface area contributed by atoms with Crippen molar-refractivity contribution in [3.63, 3.8) is 0 Å². The molecule has 2 N–H and O–H groups in total. The maximum absolute atomic E-state index is 13.0. The van der Waals surface area contributed by atoms with Gasteiger partial charge in [0.1, 0.15) is 0 Å². The van der Waals surface area contributed by atoms with Gasteiger partial charge in [-0.05, 0) is 36.8 Å². The van der Waals surface area contributed by atoms with Crippen LogP contribution in [-0.2, 0) is 9.59 Å². The first-order valence-electron chi connectivity index (χ1n) is 8.78. The fourth-order valence-corrected chi connectivity index (χ4v) is 3.56. The number of benzene rings is 2. The van der Waals surface area contributed by atoms with Gasteiger partial charge in [0.2, 0.25) is 5.91 Å². The van der Waals surface area contributed by atoms with Gasteiger partial charge in [-0.25, -0.2) is 0 Å². The van der Waals surface area contributed by atoms with E-state index in [9.17, 15) is 9.59 Å². The first-order valence-corrected chi connectivity index (χ1v) is 8.78. The molecule has 0 aromatic heterocycles. The second kappa shape index (κ2) is 7.97. The molecule has 0 saturated heterocycles. The van der Waals surface area contributed by atoms with Crippen molar-refractivity contribution in [2.45, 2.75) is 37.6 Å². The molecule has 2 aromatic carbocycles. The van der Waals surface area contributed by atoms with E-state index in [1.165, 1.54) is 0 Å². The highest BCUT2D eigenvalue weighted by molar-refractivity contribution is 5.87. The zero-order valence-corrected chi connectivity index (χ0v) is 14.1. The molecule has 0 radical (unpaired) electrons. The van der Waals surface area contributed by atoms with Crippen LogP contribution in [0.15, 0.2) is 60.7 Å². The van der Waals surface area contributed by atoms with Crippen molar-refractivity contribution in [3.8, 4) is 0 Å². The summed E-state index contributed by atoms with van der Waals surface area (Å²) in [6.45, 7) is 0. The van der Waals surface area contributed by atoms with Crippen molar-refractivity contribution in [1.82, 2.24) is 5.32 Å². The van der Waals surface area contributed by atoms with Crippen LogP contribution < -0.4 is 5.32 Å². The molecule has 1 aliphatic rings. The van der Waals surface area contributed by atoms with Crippen molar-refractivity contribution in [2.24, 2.45) is 5.92 Å². The zero-order valence-electron chi connectivity index (χ0n) is 14.1. The van der Waals surface area contributed by atoms with Crippen LogP contribution in [0, 0.1) is 5.92 Å². The largest absolute Gasteiger partial charge is 0.481 e. The minimum absolute atomic E-state index is 0.0174. The van der Waals surface area contributed by atoms with Gasteiger partial charge in [-0.15, -0.1) is 0 Å². The summed E-state index contributed by atoms with van der Waals surface area (Å²) in [5.41, 5.74) is 1.93. The van der Waals surface area contributed by atoms with Crippen molar-refractivity contribution in [1.29, 1.82) is 0 Å². The quantitative estimate of drug-likeness (QED) is 0.876. The molecule has 4 heteroatoms. The topological polar surface area (TPSA) is 66.4 Å². The van der Waals surface area contributed by atoms with Gasteiger partial charge in [0, 0.05) is 6.04 Å². The Morgan fingerprint density at radius 1 is 0.840 bits per heavy atom. The lowest BCUT2D eigenvalue weighted by Gasteiger charge is -2.28. The van der Waals surface area contributed by atoms with Gasteiger partial charge >= 0.3 is 5.97 Å². The highest BCUT2D eigenvalue weighted by Crippen LogP contribution is 2.28. The molecule has 1 fully saturated rings. The molecular formula is C21H23NO3. The summed E-state index contributed by atoms with van der Waals surface area (Å²) in [4.78, 5) is 24.1. The van der Waals surface area contributed by atoms with Crippen molar-refractivity contribution in [2.75, 3.05) is 0 Å². The molecule has 25 heavy (non-hydrogen) atoms. The third-order valence-corrected chi connectivity index (χ3v) is 4.95. The summed E-state index contributed by atoms with van der Waals surface area (Å²) >= 11 is 0. The summed E-state index contributed by atoms with van der Waals surface area (Å²) < 4.78 is 0. The lowest BCUT2D eigenvalue weighted by molar-refractivity contribution is -0.142. The monoisotopic (exact) mass is 337 g/mol. The van der Waals surface area contributed by atoms with Gasteiger partial charge in [0.15, 0.2) is 0 Å². The Balaban J connectivity index is 1.74. The molecule has 0 spiro atoms. The minimum Gasteiger partial charge on any atom is -0.481 e. The molecule has 3 rings (SSSR count). The number of carboxylic acids is 1. The van der Waals surface area contributed by atoms with Gasteiger partial charge in [0.05, 0.1) is 11.8 Å². The number of amides is 1. The Kier molecular flexibility index (Phi) is 5.49. The molecule has 0 heterocycles. The molecule has 0 bridgehead atoms. The molecular weight excluding hydrogens is 314 g/mol. The van der Waals surface area contributed by atoms with Crippen LogP contribution in [-0.4, -0.2) is 23.0 Å². The van der Waals surface area contributed by atoms with E-state index < -0.39 is 5.97 Å². The van der Waals surface area contributed by atoms with Crippen molar-refractivity contribution in [3.05, 3.63) is 71.8 Å². The Morgan fingerprint density at radius 2 is 1.32 bits per heavy atom. The summed E-state index contributed by atoms with van der Waals surface area (Å²) in [5.74, 6) is -1.36. The fraction of sp³-hybridized carbons (Fsp3) is 0.333. The molecule has 0 atom stereocenters. The molecule has 1 saturated carbocycles. The number of carbonyl (C=O) groups excluding carboxylic acids is 1. The molecule has 130 valence electrons. The summed E-state index contributed by atoms with van der Waals surface area (Å²) in [6.07, 6.45) is 2.70. The molecule has 0 aliphatic heterocycles. The predicted molar refractivity (Wildman–Crippen MR) is 96.3 cm³/mol. The molecule has 0 unspecified atom stereocenters. The number of carbonyl (C=O) groups is 2. The fourth-order valence-electron chi connectivity index (χ4n) is 3.56. The predicted octanol–water partition coefficient (Wildman–Crippen LogP) is 3.58. The number of hydrogen-bond acceptors (Lipinski definition) is 2. The van der Waals surface area contributed by atoms with E-state index in [1.54, 1.807) is 0 Å². The van der Waals surface area contributed by atoms with Gasteiger partial charge in [0.25, 0.3) is 0 Å². The first kappa shape index (κ1) is 17.2. The Hall–Kier alpha value is -2.62. The molecule has 4 nitrogen and oxygen atoms in total. The van der Waals surface area contributed by atoms with E-state index in [1.807, 2.05) is 60.7 Å². The smallest absolute Gasteiger partial charge is 0.306 e. The van der Waals surface area contributed by atoms with E-state index in [0.29, 0.717) is 12.8 Å². The van der Waals surface area contributed by atoms with Crippen molar-refractivity contribution >= 4 is 11.9 Å². The second-order valence-electron chi connectivity index (χ2n) is 6.65. The van der Waals surface area contributed by atoms with Gasteiger partial charge in [-0.3, -0.25) is 9.59 Å². The molecule has 1 aliphatic carbocycles. The van der Waals surface area contributed by atoms with Gasteiger partial charge in [-0.2, -0.15) is 0 Å². The summed E-state index contributed by atoms with van der Waals surface area (Å²) in [6, 6.07) is 19.6. The normalized spacial score (nSPS) is 20.2. The summed E-state index contributed by atoms with van der Waals surface area (Å²) in [5, 5.41) is 12.2. The second-order valence-corrected chi connectivity index (χ2v) is 6.65. The Morgan fingerprint density at radius 3 is 1.76 bits per heavy atom. The lowest BCUT2D eigenvalue weighted by atomic mass is 9.85. The third kappa shape index (κ3) is 4.27. The number of hydrogen-bond donors (Lipinski definition) is 2. The molecule has 2 aromatic rings. The minimum atomic E-state index is -0.726. The van der Waals surface area contributed by atoms with Crippen LogP contribution >= 0.6 is 0 Å². The highest BCUT2D eigenvalue weighted by atomic mass is 16.4. The zero-order chi connectivity index (χ0) is 17.6. The third-order valence-electron chi connectivity index (χ3n) is 4.95. The van der Waals surface area contributed by atoms with E-state index >= 15 is 0 Å². The maximum atomic E-state index is 13.0. The number of nitrogens with one attached hydrogen (secondary N) is 1. The van der Waals surface area contributed by atoms with Crippen LogP contribution in [0.4, 0.5) is 0 Å². The number of rotatable bonds is 5. The van der Waals surface area contributed by atoms with Gasteiger partial charge in [-0.1, -0.05) is 60.7 Å². The highest BCUT2D eigenvalue weighted by Gasteiger charge is 2.29. The van der Waals surface area contributed by atoms with Crippen LogP contribution in [0.1, 0.15) is 42.7 Å². The molecule has 1 amide bonds. The SMILES string of the molecule is O=C(O)C1CCC(NC(=O)C(c2ccccc2)c2ccccc2)CC1.